The van der Waals surface area contributed by atoms with Crippen molar-refractivity contribution in [2.24, 2.45) is 5.73 Å². The number of nitrogens with two attached hydrogens (primary N) is 1. The van der Waals surface area contributed by atoms with Crippen LogP contribution < -0.4 is 10.6 Å². The van der Waals surface area contributed by atoms with Gasteiger partial charge in [-0.25, -0.2) is 18.6 Å². The summed E-state index contributed by atoms with van der Waals surface area (Å²) >= 11 is 0. The van der Waals surface area contributed by atoms with Crippen molar-refractivity contribution in [3.63, 3.8) is 0 Å². The number of fused-ring (bicyclic) bond motifs is 1. The predicted molar refractivity (Wildman–Crippen MR) is 127 cm³/mol. The van der Waals surface area contributed by atoms with E-state index in [1.807, 2.05) is 37.5 Å². The van der Waals surface area contributed by atoms with Crippen LogP contribution in [0, 0.1) is 11.6 Å². The highest BCUT2D eigenvalue weighted by molar-refractivity contribution is 6.00. The number of aryl methyl sites for hydroxylation is 1. The van der Waals surface area contributed by atoms with E-state index in [0.29, 0.717) is 17.8 Å². The Morgan fingerprint density at radius 1 is 1.09 bits per heavy atom. The van der Waals surface area contributed by atoms with Gasteiger partial charge >= 0.3 is 6.03 Å². The molecule has 5 rings (SSSR count). The molecule has 3 N–H and O–H groups in total. The molecule has 170 valence electrons. The molecule has 3 aromatic heterocycles. The van der Waals surface area contributed by atoms with Crippen LogP contribution in [0.15, 0.2) is 73.2 Å². The fraction of sp³-hybridized carbons (Fsp3) is 0.0800. The molecule has 0 radical (unpaired) electrons. The topological polar surface area (TPSA) is 92.8 Å². The molecule has 7 nitrogen and oxygen atoms in total. The van der Waals surface area contributed by atoms with Crippen LogP contribution in [0.25, 0.3) is 33.4 Å². The van der Waals surface area contributed by atoms with Crippen molar-refractivity contribution < 1.29 is 13.6 Å². The normalized spacial score (nSPS) is 11.1. The van der Waals surface area contributed by atoms with Crippen LogP contribution in [-0.2, 0) is 6.54 Å². The van der Waals surface area contributed by atoms with Crippen LogP contribution in [0.2, 0.25) is 0 Å². The molecule has 34 heavy (non-hydrogen) atoms. The number of urea groups is 1. The molecule has 0 aliphatic heterocycles. The molecular weight excluding hydrogens is 438 g/mol. The van der Waals surface area contributed by atoms with Gasteiger partial charge < -0.3 is 10.7 Å². The number of para-hydroxylation sites is 1. The van der Waals surface area contributed by atoms with Crippen LogP contribution in [0.4, 0.5) is 25.0 Å². The highest BCUT2D eigenvalue weighted by atomic mass is 19.1. The first-order chi connectivity index (χ1) is 16.5. The van der Waals surface area contributed by atoms with Gasteiger partial charge in [0.2, 0.25) is 0 Å². The molecule has 5 aromatic rings. The Labute approximate surface area is 193 Å². The van der Waals surface area contributed by atoms with Gasteiger partial charge in [0.1, 0.15) is 28.7 Å². The molecule has 0 aliphatic rings. The zero-order valence-electron chi connectivity index (χ0n) is 18.2. The van der Waals surface area contributed by atoms with Crippen molar-refractivity contribution >= 4 is 28.4 Å². The standard InChI is InChI=1S/C25H20F2N6O/c1-2-32-14-19(17-9-11-29-24-18(17)10-12-30-24)22(31-32)15-5-3-6-16(13-15)33(25(28)34)23-20(26)7-4-8-21(23)27/h3-14H,2H2,1H3,(H2,28,34)(H,29,30). The van der Waals surface area contributed by atoms with Gasteiger partial charge in [-0.2, -0.15) is 5.10 Å². The lowest BCUT2D eigenvalue weighted by Crippen LogP contribution is -2.32. The van der Waals surface area contributed by atoms with Gasteiger partial charge in [-0.3, -0.25) is 9.58 Å². The van der Waals surface area contributed by atoms with Crippen LogP contribution in [0.3, 0.4) is 0 Å². The smallest absolute Gasteiger partial charge is 0.324 e. The van der Waals surface area contributed by atoms with E-state index in [4.69, 9.17) is 10.8 Å². The number of pyridine rings is 1. The zero-order chi connectivity index (χ0) is 23.8. The number of hydrogen-bond acceptors (Lipinski definition) is 3. The maximum atomic E-state index is 14.5. The highest BCUT2D eigenvalue weighted by Gasteiger charge is 2.24. The Morgan fingerprint density at radius 2 is 1.85 bits per heavy atom. The Hall–Kier alpha value is -4.53. The minimum absolute atomic E-state index is 0.215. The predicted octanol–water partition coefficient (Wildman–Crippen LogP) is 5.61. The summed E-state index contributed by atoms with van der Waals surface area (Å²) in [5, 5.41) is 5.66. The fourth-order valence-electron chi connectivity index (χ4n) is 4.05. The monoisotopic (exact) mass is 458 g/mol. The molecular formula is C25H20F2N6O. The number of carbonyl (C=O) groups is 1. The van der Waals surface area contributed by atoms with E-state index in [2.05, 4.69) is 9.97 Å². The Morgan fingerprint density at radius 3 is 2.59 bits per heavy atom. The van der Waals surface area contributed by atoms with E-state index in [1.54, 1.807) is 29.1 Å². The summed E-state index contributed by atoms with van der Waals surface area (Å²) in [4.78, 5) is 20.6. The number of rotatable bonds is 5. The van der Waals surface area contributed by atoms with Gasteiger partial charge in [-0.1, -0.05) is 18.2 Å². The number of anilines is 2. The number of hydrogen-bond donors (Lipinski definition) is 2. The van der Waals surface area contributed by atoms with Crippen molar-refractivity contribution in [3.8, 4) is 22.4 Å². The maximum Gasteiger partial charge on any atom is 0.324 e. The van der Waals surface area contributed by atoms with Gasteiger partial charge in [-0.05, 0) is 48.9 Å². The number of nitrogens with zero attached hydrogens (tertiary/aromatic N) is 4. The molecule has 9 heteroatoms. The SMILES string of the molecule is CCn1cc(-c2ccnc3[nH]ccc23)c(-c2cccc(N(C(N)=O)c3c(F)cccc3F)c2)n1. The second-order valence-electron chi connectivity index (χ2n) is 7.64. The molecule has 0 bridgehead atoms. The first-order valence-electron chi connectivity index (χ1n) is 10.6. The van der Waals surface area contributed by atoms with E-state index in [1.165, 1.54) is 6.07 Å². The third kappa shape index (κ3) is 3.57. The van der Waals surface area contributed by atoms with E-state index in [-0.39, 0.29) is 5.69 Å². The molecule has 0 spiro atoms. The molecule has 0 saturated carbocycles. The first-order valence-corrected chi connectivity index (χ1v) is 10.6. The largest absolute Gasteiger partial charge is 0.351 e. The summed E-state index contributed by atoms with van der Waals surface area (Å²) in [5.74, 6) is -1.79. The van der Waals surface area contributed by atoms with Crippen LogP contribution in [0.1, 0.15) is 6.92 Å². The third-order valence-corrected chi connectivity index (χ3v) is 5.60. The number of benzene rings is 2. The number of aromatic nitrogens is 4. The molecule has 0 atom stereocenters. The second-order valence-corrected chi connectivity index (χ2v) is 7.64. The molecule has 0 fully saturated rings. The van der Waals surface area contributed by atoms with Crippen molar-refractivity contribution in [1.82, 2.24) is 19.7 Å². The maximum absolute atomic E-state index is 14.5. The van der Waals surface area contributed by atoms with Crippen LogP contribution >= 0.6 is 0 Å². The summed E-state index contributed by atoms with van der Waals surface area (Å²) in [6, 6.07) is 12.9. The van der Waals surface area contributed by atoms with Crippen LogP contribution in [0.5, 0.6) is 0 Å². The van der Waals surface area contributed by atoms with Gasteiger partial charge in [0.25, 0.3) is 0 Å². The van der Waals surface area contributed by atoms with Crippen molar-refractivity contribution in [2.75, 3.05) is 4.90 Å². The Bertz CT molecular complexity index is 1500. The first kappa shape index (κ1) is 21.3. The lowest BCUT2D eigenvalue weighted by atomic mass is 10.00. The third-order valence-electron chi connectivity index (χ3n) is 5.60. The number of aromatic amines is 1. The van der Waals surface area contributed by atoms with Gasteiger partial charge in [0.15, 0.2) is 0 Å². The lowest BCUT2D eigenvalue weighted by molar-refractivity contribution is 0.255. The number of nitrogens with one attached hydrogen (secondary N) is 1. The molecule has 0 saturated heterocycles. The highest BCUT2D eigenvalue weighted by Crippen LogP contribution is 2.37. The zero-order valence-corrected chi connectivity index (χ0v) is 18.2. The quantitative estimate of drug-likeness (QED) is 0.359. The average Bonchev–Trinajstić information content (AvgIpc) is 3.48. The number of carbonyl (C=O) groups excluding carboxylic acids is 1. The Balaban J connectivity index is 1.68. The lowest BCUT2D eigenvalue weighted by Gasteiger charge is -2.22. The summed E-state index contributed by atoms with van der Waals surface area (Å²) in [6.07, 6.45) is 5.47. The van der Waals surface area contributed by atoms with Crippen molar-refractivity contribution in [2.45, 2.75) is 13.5 Å². The van der Waals surface area contributed by atoms with Gasteiger partial charge in [0, 0.05) is 41.6 Å². The van der Waals surface area contributed by atoms with Gasteiger partial charge in [-0.15, -0.1) is 0 Å². The molecule has 0 aliphatic carbocycles. The Kier molecular flexibility index (Phi) is 5.29. The molecule has 2 amide bonds. The fourth-order valence-corrected chi connectivity index (χ4v) is 4.05. The van der Waals surface area contributed by atoms with Crippen molar-refractivity contribution in [3.05, 3.63) is 84.8 Å². The van der Waals surface area contributed by atoms with Crippen molar-refractivity contribution in [1.29, 1.82) is 0 Å². The van der Waals surface area contributed by atoms with E-state index in [9.17, 15) is 13.6 Å². The van der Waals surface area contributed by atoms with E-state index >= 15 is 0 Å². The summed E-state index contributed by atoms with van der Waals surface area (Å²) in [7, 11) is 0. The summed E-state index contributed by atoms with van der Waals surface area (Å²) in [5.41, 5.74) is 9.07. The number of primary amides is 1. The number of H-pyrrole nitrogens is 1. The number of halogens is 2. The summed E-state index contributed by atoms with van der Waals surface area (Å²) < 4.78 is 30.8. The summed E-state index contributed by atoms with van der Waals surface area (Å²) in [6.45, 7) is 2.62. The number of amides is 2. The van der Waals surface area contributed by atoms with Gasteiger partial charge in [0.05, 0.1) is 5.69 Å². The minimum Gasteiger partial charge on any atom is -0.351 e. The van der Waals surface area contributed by atoms with E-state index in [0.717, 1.165) is 39.2 Å². The van der Waals surface area contributed by atoms with E-state index < -0.39 is 23.4 Å². The molecule has 0 unspecified atom stereocenters. The van der Waals surface area contributed by atoms with Crippen LogP contribution in [-0.4, -0.2) is 25.8 Å². The second kappa shape index (κ2) is 8.43. The molecule has 2 aromatic carbocycles. The minimum atomic E-state index is -1.01. The average molecular weight is 458 g/mol. The molecule has 3 heterocycles.